The molecule has 286 valence electrons. The Morgan fingerprint density at radius 3 is 2.29 bits per heavy atom. The molecule has 3 saturated carbocycles. The molecule has 1 unspecified atom stereocenters. The van der Waals surface area contributed by atoms with E-state index in [1.807, 2.05) is 24.4 Å². The zero-order valence-electron chi connectivity index (χ0n) is 32.0. The number of methoxy groups -OCH3 is 2. The lowest BCUT2D eigenvalue weighted by Crippen LogP contribution is -2.25. The second-order valence-electron chi connectivity index (χ2n) is 16.3. The molecule has 52 heavy (non-hydrogen) atoms. The first-order valence-corrected chi connectivity index (χ1v) is 21.7. The molecule has 0 spiro atoms. The van der Waals surface area contributed by atoms with Gasteiger partial charge in [-0.1, -0.05) is 96.8 Å². The summed E-state index contributed by atoms with van der Waals surface area (Å²) in [6.07, 6.45) is 26.9. The van der Waals surface area contributed by atoms with Gasteiger partial charge in [-0.05, 0) is 91.0 Å². The van der Waals surface area contributed by atoms with Crippen molar-refractivity contribution in [2.45, 2.75) is 154 Å². The predicted octanol–water partition coefficient (Wildman–Crippen LogP) is 11.7. The molecular weight excluding hydrogens is 763 g/mol. The number of pyridine rings is 1. The molecule has 6 rings (SSSR count). The molecule has 1 aromatic carbocycles. The largest absolute Gasteiger partial charge is 0.497 e. The summed E-state index contributed by atoms with van der Waals surface area (Å²) in [6.45, 7) is 3.12. The van der Waals surface area contributed by atoms with Crippen molar-refractivity contribution in [1.82, 2.24) is 14.8 Å². The van der Waals surface area contributed by atoms with Crippen LogP contribution in [0.4, 0.5) is 5.82 Å². The highest BCUT2D eigenvalue weighted by atomic mass is 127. The number of ether oxygens (including phenoxy) is 2. The number of rotatable bonds is 11. The maximum absolute atomic E-state index is 12.1. The number of aliphatic carboxylic acids is 1. The highest BCUT2D eigenvalue weighted by Crippen LogP contribution is 2.44. The van der Waals surface area contributed by atoms with Crippen LogP contribution in [0.15, 0.2) is 24.4 Å². The third-order valence-corrected chi connectivity index (χ3v) is 13.7. The molecule has 0 aliphatic heterocycles. The second kappa shape index (κ2) is 19.2. The Morgan fingerprint density at radius 1 is 0.923 bits per heavy atom. The van der Waals surface area contributed by atoms with Crippen molar-refractivity contribution in [3.05, 3.63) is 39.2 Å². The number of carbonyl (C=O) groups is 1. The zero-order valence-corrected chi connectivity index (χ0v) is 34.2. The van der Waals surface area contributed by atoms with Crippen LogP contribution in [0, 0.1) is 27.2 Å². The van der Waals surface area contributed by atoms with Crippen molar-refractivity contribution in [2.24, 2.45) is 23.7 Å². The van der Waals surface area contributed by atoms with Gasteiger partial charge in [0, 0.05) is 30.3 Å². The average Bonchev–Trinajstić information content (AvgIpc) is 3.55. The van der Waals surface area contributed by atoms with Crippen LogP contribution in [0.1, 0.15) is 159 Å². The van der Waals surface area contributed by atoms with E-state index in [4.69, 9.17) is 19.6 Å². The van der Waals surface area contributed by atoms with Crippen LogP contribution >= 0.6 is 22.6 Å². The fraction of sp³-hybridized carbons (Fsp3) is 0.698. The molecule has 3 fully saturated rings. The molecule has 0 amide bonds. The van der Waals surface area contributed by atoms with Crippen molar-refractivity contribution in [2.75, 3.05) is 19.5 Å². The lowest BCUT2D eigenvalue weighted by Gasteiger charge is -2.31. The van der Waals surface area contributed by atoms with Crippen LogP contribution in [-0.2, 0) is 11.3 Å². The van der Waals surface area contributed by atoms with Crippen LogP contribution in [0.2, 0.25) is 0 Å². The van der Waals surface area contributed by atoms with Gasteiger partial charge in [0.25, 0.3) is 0 Å². The van der Waals surface area contributed by atoms with Crippen molar-refractivity contribution < 1.29 is 19.4 Å². The van der Waals surface area contributed by atoms with E-state index in [1.54, 1.807) is 14.2 Å². The van der Waals surface area contributed by atoms with Crippen molar-refractivity contribution in [1.29, 1.82) is 0 Å². The van der Waals surface area contributed by atoms with E-state index in [2.05, 4.69) is 39.5 Å². The number of hydrogen-bond acceptors (Lipinski definition) is 6. The first-order chi connectivity index (χ1) is 25.4. The average molecular weight is 827 g/mol. The van der Waals surface area contributed by atoms with Crippen LogP contribution in [0.25, 0.3) is 10.9 Å². The Balaban J connectivity index is 1.24. The third kappa shape index (κ3) is 9.75. The standard InChI is InChI=1S/C43H63IN4O4/c1-29(24-30-14-9-7-5-4-6-8-10-15-30)31-16-11-18-32(19-12-17-31)40-39-41(48(47-40)35-21-13-20-33(25-35)43(49)50)37(44)28-46-42(39)45-27-34-22-23-36(51-2)26-38(34)52-3/h22-23,26,28-33,35H,4-21,24-25,27H2,1-3H3,(H,45,46)(H,49,50)/t29?,31?,32?,33-,35-/m1/s1. The number of nitrogens with one attached hydrogen (secondary N) is 1. The summed E-state index contributed by atoms with van der Waals surface area (Å²) in [5.41, 5.74) is 3.28. The number of hydrogen-bond donors (Lipinski definition) is 2. The van der Waals surface area contributed by atoms with E-state index in [-0.39, 0.29) is 12.0 Å². The summed E-state index contributed by atoms with van der Waals surface area (Å²) < 4.78 is 14.4. The van der Waals surface area contributed by atoms with Crippen molar-refractivity contribution >= 4 is 45.3 Å². The fourth-order valence-electron chi connectivity index (χ4n) is 9.86. The van der Waals surface area contributed by atoms with E-state index < -0.39 is 5.97 Å². The monoisotopic (exact) mass is 826 g/mol. The number of anilines is 1. The minimum atomic E-state index is -0.683. The van der Waals surface area contributed by atoms with Gasteiger partial charge < -0.3 is 19.9 Å². The normalized spacial score (nSPS) is 24.8. The van der Waals surface area contributed by atoms with Gasteiger partial charge in [-0.25, -0.2) is 4.98 Å². The van der Waals surface area contributed by atoms with Gasteiger partial charge >= 0.3 is 5.97 Å². The number of benzene rings is 1. The van der Waals surface area contributed by atoms with Gasteiger partial charge in [0.2, 0.25) is 0 Å². The Labute approximate surface area is 325 Å². The van der Waals surface area contributed by atoms with Gasteiger partial charge in [-0.15, -0.1) is 0 Å². The molecule has 0 saturated heterocycles. The minimum absolute atomic E-state index is 0.0669. The Morgan fingerprint density at radius 2 is 1.62 bits per heavy atom. The van der Waals surface area contributed by atoms with Gasteiger partial charge in [-0.2, -0.15) is 5.10 Å². The van der Waals surface area contributed by atoms with E-state index in [0.29, 0.717) is 18.9 Å². The summed E-state index contributed by atoms with van der Waals surface area (Å²) in [4.78, 5) is 17.1. The molecule has 9 heteroatoms. The molecule has 2 N–H and O–H groups in total. The molecule has 8 nitrogen and oxygen atoms in total. The maximum atomic E-state index is 12.1. The number of fused-ring (bicyclic) bond motifs is 1. The fourth-order valence-corrected chi connectivity index (χ4v) is 10.5. The summed E-state index contributed by atoms with van der Waals surface area (Å²) in [7, 11) is 3.36. The van der Waals surface area contributed by atoms with Crippen LogP contribution in [-0.4, -0.2) is 40.1 Å². The lowest BCUT2D eigenvalue weighted by molar-refractivity contribution is -0.143. The zero-order chi connectivity index (χ0) is 36.5. The SMILES string of the molecule is COc1ccc(CNc2ncc(I)c3c2c(C2CCCC(C(C)CC4CCCCCCCCC4)CCC2)nn3[C@@H]2CCC[C@@H](C(=O)O)C2)c(OC)c1. The van der Waals surface area contributed by atoms with Gasteiger partial charge in [0.15, 0.2) is 0 Å². The van der Waals surface area contributed by atoms with Crippen molar-refractivity contribution in [3.8, 4) is 11.5 Å². The molecule has 3 aliphatic carbocycles. The minimum Gasteiger partial charge on any atom is -0.497 e. The number of nitrogens with zero attached hydrogens (tertiary/aromatic N) is 3. The Hall–Kier alpha value is -2.56. The topological polar surface area (TPSA) is 98.5 Å². The van der Waals surface area contributed by atoms with E-state index in [0.717, 1.165) is 92.9 Å². The number of carboxylic acids is 1. The first kappa shape index (κ1) is 39.1. The first-order valence-electron chi connectivity index (χ1n) is 20.6. The van der Waals surface area contributed by atoms with Crippen LogP contribution in [0.3, 0.4) is 0 Å². The quantitative estimate of drug-likeness (QED) is 0.186. The molecule has 3 aromatic rings. The summed E-state index contributed by atoms with van der Waals surface area (Å²) in [6, 6.07) is 5.99. The van der Waals surface area contributed by atoms with Gasteiger partial charge in [-0.3, -0.25) is 9.48 Å². The molecule has 0 bridgehead atoms. The molecule has 3 aliphatic rings. The smallest absolute Gasteiger partial charge is 0.306 e. The number of aromatic nitrogens is 3. The highest BCUT2D eigenvalue weighted by Gasteiger charge is 2.33. The Kier molecular flexibility index (Phi) is 14.4. The summed E-state index contributed by atoms with van der Waals surface area (Å²) in [5, 5.41) is 20.3. The highest BCUT2D eigenvalue weighted by molar-refractivity contribution is 14.1. The third-order valence-electron chi connectivity index (χ3n) is 12.9. The molecule has 2 heterocycles. The van der Waals surface area contributed by atoms with Gasteiger partial charge in [0.05, 0.1) is 46.3 Å². The lowest BCUT2D eigenvalue weighted by atomic mass is 9.75. The molecule has 0 radical (unpaired) electrons. The van der Waals surface area contributed by atoms with Crippen LogP contribution < -0.4 is 14.8 Å². The predicted molar refractivity (Wildman–Crippen MR) is 219 cm³/mol. The number of halogens is 1. The van der Waals surface area contributed by atoms with E-state index in [1.165, 1.54) is 89.9 Å². The molecular formula is C43H63IN4O4. The van der Waals surface area contributed by atoms with Crippen LogP contribution in [0.5, 0.6) is 11.5 Å². The van der Waals surface area contributed by atoms with E-state index >= 15 is 0 Å². The second-order valence-corrected chi connectivity index (χ2v) is 17.5. The van der Waals surface area contributed by atoms with E-state index in [9.17, 15) is 9.90 Å². The summed E-state index contributed by atoms with van der Waals surface area (Å²) >= 11 is 2.41. The maximum Gasteiger partial charge on any atom is 0.306 e. The Bertz CT molecular complexity index is 1590. The molecule has 2 aromatic heterocycles. The molecule has 3 atom stereocenters. The summed E-state index contributed by atoms with van der Waals surface area (Å²) in [5.74, 6) is 4.27. The van der Waals surface area contributed by atoms with Gasteiger partial charge in [0.1, 0.15) is 17.3 Å². The van der Waals surface area contributed by atoms with Crippen molar-refractivity contribution in [3.63, 3.8) is 0 Å². The number of carboxylic acid groups (broad SMARTS) is 1.